The summed E-state index contributed by atoms with van der Waals surface area (Å²) in [6.07, 6.45) is -0.0816. The zero-order valence-corrected chi connectivity index (χ0v) is 8.40. The number of hydrogen-bond donors (Lipinski definition) is 1. The summed E-state index contributed by atoms with van der Waals surface area (Å²) >= 11 is 0. The van der Waals surface area contributed by atoms with Crippen LogP contribution in [0.3, 0.4) is 0 Å². The van der Waals surface area contributed by atoms with E-state index in [2.05, 4.69) is 0 Å². The van der Waals surface area contributed by atoms with Crippen LogP contribution < -0.4 is 4.74 Å². The predicted molar refractivity (Wildman–Crippen MR) is 54.0 cm³/mol. The number of ether oxygens (including phenoxy) is 1. The predicted octanol–water partition coefficient (Wildman–Crippen LogP) is 1.28. The number of benzene rings is 1. The quantitative estimate of drug-likeness (QED) is 0.740. The third-order valence-corrected chi connectivity index (χ3v) is 1.84. The molecule has 15 heavy (non-hydrogen) atoms. The molecule has 0 aliphatic rings. The molecule has 4 nitrogen and oxygen atoms in total. The Hall–Kier alpha value is -1.84. The topological polar surface area (TPSA) is 63.6 Å². The third-order valence-electron chi connectivity index (χ3n) is 1.84. The molecule has 1 aromatic carbocycles. The van der Waals surface area contributed by atoms with Crippen molar-refractivity contribution in [3.8, 4) is 5.75 Å². The molecule has 4 heteroatoms. The fourth-order valence-corrected chi connectivity index (χ4v) is 1.13. The summed E-state index contributed by atoms with van der Waals surface area (Å²) in [4.78, 5) is 21.2. The van der Waals surface area contributed by atoms with E-state index < -0.39 is 11.8 Å². The summed E-state index contributed by atoms with van der Waals surface area (Å²) in [6.45, 7) is 2.45. The van der Waals surface area contributed by atoms with Crippen LogP contribution in [0.5, 0.6) is 5.75 Å². The van der Waals surface area contributed by atoms with Gasteiger partial charge in [-0.25, -0.2) is 4.79 Å². The first kappa shape index (κ1) is 11.2. The lowest BCUT2D eigenvalue weighted by atomic mass is 10.1. The first-order chi connectivity index (χ1) is 7.13. The summed E-state index contributed by atoms with van der Waals surface area (Å²) in [6, 6.07) is 6.81. The van der Waals surface area contributed by atoms with Gasteiger partial charge >= 0.3 is 5.97 Å². The summed E-state index contributed by atoms with van der Waals surface area (Å²) in [5.74, 6) is -1.49. The number of rotatable bonds is 5. The van der Waals surface area contributed by atoms with Crippen LogP contribution in [0, 0.1) is 0 Å². The minimum absolute atomic E-state index is 0.0816. The van der Waals surface area contributed by atoms with Crippen molar-refractivity contribution in [3.63, 3.8) is 0 Å². The summed E-state index contributed by atoms with van der Waals surface area (Å²) in [5, 5.41) is 8.41. The molecule has 0 aliphatic carbocycles. The molecule has 0 spiro atoms. The average Bonchev–Trinajstić information content (AvgIpc) is 2.21. The van der Waals surface area contributed by atoms with Crippen LogP contribution in [0.1, 0.15) is 12.5 Å². The van der Waals surface area contributed by atoms with E-state index in [9.17, 15) is 9.59 Å². The monoisotopic (exact) mass is 208 g/mol. The Bertz CT molecular complexity index is 353. The second-order valence-corrected chi connectivity index (χ2v) is 2.98. The lowest BCUT2D eigenvalue weighted by molar-refractivity contribution is -0.148. The van der Waals surface area contributed by atoms with Gasteiger partial charge in [0.1, 0.15) is 5.75 Å². The fraction of sp³-hybridized carbons (Fsp3) is 0.273. The molecule has 0 aliphatic heterocycles. The van der Waals surface area contributed by atoms with Gasteiger partial charge in [0.25, 0.3) is 0 Å². The Morgan fingerprint density at radius 2 is 1.87 bits per heavy atom. The normalized spacial score (nSPS) is 9.67. The van der Waals surface area contributed by atoms with Crippen molar-refractivity contribution in [3.05, 3.63) is 29.8 Å². The highest BCUT2D eigenvalue weighted by Gasteiger charge is 2.11. The standard InChI is InChI=1S/C11H12O4/c1-2-15-9-5-3-8(4-6-9)7-10(12)11(13)14/h3-6H,2,7H2,1H3,(H,13,14). The number of carbonyl (C=O) groups is 2. The van der Waals surface area contributed by atoms with Crippen molar-refractivity contribution in [2.45, 2.75) is 13.3 Å². The molecule has 0 atom stereocenters. The van der Waals surface area contributed by atoms with Gasteiger partial charge in [0, 0.05) is 6.42 Å². The van der Waals surface area contributed by atoms with Crippen LogP contribution in [0.4, 0.5) is 0 Å². The Kier molecular flexibility index (Phi) is 3.85. The van der Waals surface area contributed by atoms with Gasteiger partial charge in [-0.15, -0.1) is 0 Å². The highest BCUT2D eigenvalue weighted by atomic mass is 16.5. The lowest BCUT2D eigenvalue weighted by Gasteiger charge is -2.03. The molecule has 0 fully saturated rings. The van der Waals surface area contributed by atoms with E-state index in [1.165, 1.54) is 0 Å². The smallest absolute Gasteiger partial charge is 0.372 e. The first-order valence-corrected chi connectivity index (χ1v) is 4.61. The Balaban J connectivity index is 2.64. The molecule has 0 saturated heterocycles. The van der Waals surface area contributed by atoms with E-state index in [1.807, 2.05) is 6.92 Å². The molecule has 0 saturated carbocycles. The van der Waals surface area contributed by atoms with E-state index in [4.69, 9.17) is 9.84 Å². The minimum atomic E-state index is -1.40. The van der Waals surface area contributed by atoms with Crippen LogP contribution in [-0.4, -0.2) is 23.5 Å². The molecule has 0 radical (unpaired) electrons. The molecular weight excluding hydrogens is 196 g/mol. The van der Waals surface area contributed by atoms with Crippen molar-refractivity contribution in [1.82, 2.24) is 0 Å². The second kappa shape index (κ2) is 5.14. The van der Waals surface area contributed by atoms with Crippen LogP contribution >= 0.6 is 0 Å². The van der Waals surface area contributed by atoms with Gasteiger partial charge in [-0.05, 0) is 24.6 Å². The summed E-state index contributed by atoms with van der Waals surface area (Å²) < 4.78 is 5.21. The highest BCUT2D eigenvalue weighted by molar-refractivity contribution is 6.33. The van der Waals surface area contributed by atoms with Gasteiger partial charge in [0.15, 0.2) is 0 Å². The van der Waals surface area contributed by atoms with Gasteiger partial charge in [-0.1, -0.05) is 12.1 Å². The van der Waals surface area contributed by atoms with Crippen LogP contribution in [0.15, 0.2) is 24.3 Å². The SMILES string of the molecule is CCOc1ccc(CC(=O)C(=O)O)cc1. The molecule has 80 valence electrons. The molecule has 1 N–H and O–H groups in total. The Morgan fingerprint density at radius 3 is 2.33 bits per heavy atom. The van der Waals surface area contributed by atoms with E-state index in [-0.39, 0.29) is 6.42 Å². The number of Topliss-reactive ketones (excluding diaryl/α,β-unsaturated/α-hetero) is 1. The van der Waals surface area contributed by atoms with Crippen LogP contribution in [-0.2, 0) is 16.0 Å². The number of hydrogen-bond acceptors (Lipinski definition) is 3. The summed E-state index contributed by atoms with van der Waals surface area (Å²) in [7, 11) is 0. The molecule has 1 rings (SSSR count). The number of ketones is 1. The number of carboxylic acids is 1. The lowest BCUT2D eigenvalue weighted by Crippen LogP contribution is -2.14. The number of carboxylic acid groups (broad SMARTS) is 1. The minimum Gasteiger partial charge on any atom is -0.494 e. The van der Waals surface area contributed by atoms with E-state index in [0.29, 0.717) is 17.9 Å². The molecule has 0 aromatic heterocycles. The molecule has 0 unspecified atom stereocenters. The average molecular weight is 208 g/mol. The van der Waals surface area contributed by atoms with Crippen molar-refractivity contribution < 1.29 is 19.4 Å². The Morgan fingerprint density at radius 1 is 1.27 bits per heavy atom. The maximum atomic E-state index is 10.9. The summed E-state index contributed by atoms with van der Waals surface area (Å²) in [5.41, 5.74) is 0.672. The van der Waals surface area contributed by atoms with E-state index in [0.717, 1.165) is 0 Å². The van der Waals surface area contributed by atoms with Crippen LogP contribution in [0.25, 0.3) is 0 Å². The fourth-order valence-electron chi connectivity index (χ4n) is 1.13. The van der Waals surface area contributed by atoms with Crippen LogP contribution in [0.2, 0.25) is 0 Å². The molecule has 0 bridgehead atoms. The van der Waals surface area contributed by atoms with Gasteiger partial charge in [-0.3, -0.25) is 4.79 Å². The molecule has 0 heterocycles. The Labute approximate surface area is 87.5 Å². The van der Waals surface area contributed by atoms with E-state index >= 15 is 0 Å². The molecule has 1 aromatic rings. The first-order valence-electron chi connectivity index (χ1n) is 4.61. The third kappa shape index (κ3) is 3.42. The maximum Gasteiger partial charge on any atom is 0.372 e. The maximum absolute atomic E-state index is 10.9. The zero-order chi connectivity index (χ0) is 11.3. The van der Waals surface area contributed by atoms with Crippen molar-refractivity contribution in [1.29, 1.82) is 0 Å². The zero-order valence-electron chi connectivity index (χ0n) is 8.40. The second-order valence-electron chi connectivity index (χ2n) is 2.98. The van der Waals surface area contributed by atoms with Gasteiger partial charge in [0.05, 0.1) is 6.61 Å². The van der Waals surface area contributed by atoms with Crippen molar-refractivity contribution in [2.75, 3.05) is 6.61 Å². The largest absolute Gasteiger partial charge is 0.494 e. The number of carbonyl (C=O) groups excluding carboxylic acids is 1. The van der Waals surface area contributed by atoms with Gasteiger partial charge < -0.3 is 9.84 Å². The highest BCUT2D eigenvalue weighted by Crippen LogP contribution is 2.12. The molecule has 0 amide bonds. The number of aliphatic carboxylic acids is 1. The van der Waals surface area contributed by atoms with Gasteiger partial charge in [0.2, 0.25) is 5.78 Å². The van der Waals surface area contributed by atoms with Gasteiger partial charge in [-0.2, -0.15) is 0 Å². The molecular formula is C11H12O4. The van der Waals surface area contributed by atoms with Crippen molar-refractivity contribution >= 4 is 11.8 Å². The van der Waals surface area contributed by atoms with E-state index in [1.54, 1.807) is 24.3 Å². The van der Waals surface area contributed by atoms with Crippen molar-refractivity contribution in [2.24, 2.45) is 0 Å².